The van der Waals surface area contributed by atoms with E-state index in [0.29, 0.717) is 10.3 Å². The molecule has 2 amide bonds. The number of benzene rings is 2. The van der Waals surface area contributed by atoms with Gasteiger partial charge >= 0.3 is 0 Å². The first-order valence-electron chi connectivity index (χ1n) is 9.67. The molecule has 0 spiro atoms. The molecule has 30 heavy (non-hydrogen) atoms. The summed E-state index contributed by atoms with van der Waals surface area (Å²) in [5.74, 6) is -1.68. The van der Waals surface area contributed by atoms with Gasteiger partial charge in [-0.15, -0.1) is 0 Å². The predicted molar refractivity (Wildman–Crippen MR) is 122 cm³/mol. The lowest BCUT2D eigenvalue weighted by molar-refractivity contribution is -0.130. The maximum absolute atomic E-state index is 13.1. The fraction of sp³-hybridized carbons (Fsp3) is 0.182. The summed E-state index contributed by atoms with van der Waals surface area (Å²) >= 11 is 2.80. The summed E-state index contributed by atoms with van der Waals surface area (Å²) in [6.07, 6.45) is 5.61. The molecular formula is C22H18N4O2S2. The molecule has 1 aliphatic carbocycles. The maximum atomic E-state index is 13.1. The molecule has 0 unspecified atom stereocenters. The zero-order chi connectivity index (χ0) is 20.5. The Bertz CT molecular complexity index is 1120. The van der Waals surface area contributed by atoms with Gasteiger partial charge in [-0.3, -0.25) is 9.59 Å². The summed E-state index contributed by atoms with van der Waals surface area (Å²) in [4.78, 5) is 35.2. The van der Waals surface area contributed by atoms with Crippen molar-refractivity contribution in [2.24, 2.45) is 11.8 Å². The number of allylic oxidation sites excluding steroid dienone is 2. The van der Waals surface area contributed by atoms with Crippen LogP contribution in [0.25, 0.3) is 20.4 Å². The van der Waals surface area contributed by atoms with Crippen molar-refractivity contribution in [1.82, 2.24) is 9.97 Å². The van der Waals surface area contributed by atoms with Crippen molar-refractivity contribution in [2.75, 3.05) is 10.6 Å². The average molecular weight is 435 g/mol. The molecule has 1 aliphatic rings. The van der Waals surface area contributed by atoms with Gasteiger partial charge in [0.1, 0.15) is 5.92 Å². The summed E-state index contributed by atoms with van der Waals surface area (Å²) < 4.78 is 1.98. The highest BCUT2D eigenvalue weighted by atomic mass is 32.1. The van der Waals surface area contributed by atoms with Crippen LogP contribution in [-0.2, 0) is 9.59 Å². The van der Waals surface area contributed by atoms with Crippen molar-refractivity contribution in [1.29, 1.82) is 0 Å². The van der Waals surface area contributed by atoms with E-state index in [9.17, 15) is 9.59 Å². The molecule has 0 saturated heterocycles. The van der Waals surface area contributed by atoms with Crippen LogP contribution in [-0.4, -0.2) is 21.8 Å². The van der Waals surface area contributed by atoms with Crippen LogP contribution in [0.1, 0.15) is 12.8 Å². The summed E-state index contributed by atoms with van der Waals surface area (Å²) in [6, 6.07) is 15.4. The van der Waals surface area contributed by atoms with E-state index in [0.717, 1.165) is 33.3 Å². The zero-order valence-corrected chi connectivity index (χ0v) is 17.5. The second-order valence-electron chi connectivity index (χ2n) is 7.10. The van der Waals surface area contributed by atoms with E-state index in [1.165, 1.54) is 22.7 Å². The number of carbonyl (C=O) groups excluding carboxylic acids is 2. The molecule has 2 heterocycles. The van der Waals surface area contributed by atoms with Crippen LogP contribution in [0.4, 0.5) is 10.3 Å². The van der Waals surface area contributed by atoms with E-state index in [1.54, 1.807) is 0 Å². The molecule has 2 aromatic heterocycles. The van der Waals surface area contributed by atoms with Crippen molar-refractivity contribution in [3.05, 3.63) is 60.7 Å². The fourth-order valence-electron chi connectivity index (χ4n) is 3.66. The van der Waals surface area contributed by atoms with E-state index < -0.39 is 5.92 Å². The number of nitrogens with one attached hydrogen (secondary N) is 2. The first-order valence-corrected chi connectivity index (χ1v) is 11.3. The highest BCUT2D eigenvalue weighted by Gasteiger charge is 2.35. The number of nitrogens with zero attached hydrogens (tertiary/aromatic N) is 2. The van der Waals surface area contributed by atoms with Gasteiger partial charge in [0.15, 0.2) is 10.3 Å². The zero-order valence-electron chi connectivity index (χ0n) is 15.9. The molecule has 8 heteroatoms. The van der Waals surface area contributed by atoms with Crippen LogP contribution in [0.15, 0.2) is 60.7 Å². The average Bonchev–Trinajstić information content (AvgIpc) is 3.46. The lowest BCUT2D eigenvalue weighted by Crippen LogP contribution is -2.38. The van der Waals surface area contributed by atoms with Crippen LogP contribution in [0.5, 0.6) is 0 Å². The van der Waals surface area contributed by atoms with Crippen LogP contribution >= 0.6 is 22.7 Å². The van der Waals surface area contributed by atoms with Gasteiger partial charge in [0.25, 0.3) is 0 Å². The molecule has 1 atom stereocenters. The molecule has 0 saturated carbocycles. The Kier molecular flexibility index (Phi) is 5.02. The normalized spacial score (nSPS) is 15.8. The van der Waals surface area contributed by atoms with E-state index in [4.69, 9.17) is 0 Å². The number of amides is 2. The number of thiazole rings is 2. The smallest absolute Gasteiger partial charge is 0.239 e. The second kappa shape index (κ2) is 7.97. The quantitative estimate of drug-likeness (QED) is 0.339. The third-order valence-corrected chi connectivity index (χ3v) is 6.99. The van der Waals surface area contributed by atoms with Gasteiger partial charge in [0, 0.05) is 0 Å². The number of carbonyl (C=O) groups is 2. The molecule has 4 aromatic rings. The summed E-state index contributed by atoms with van der Waals surface area (Å²) in [5, 5.41) is 6.72. The van der Waals surface area contributed by atoms with Crippen LogP contribution in [0, 0.1) is 11.8 Å². The number of anilines is 2. The summed E-state index contributed by atoms with van der Waals surface area (Å²) in [6.45, 7) is 0. The Morgan fingerprint density at radius 2 is 1.40 bits per heavy atom. The first-order chi connectivity index (χ1) is 14.7. The number of hydrogen-bond acceptors (Lipinski definition) is 6. The highest BCUT2D eigenvalue weighted by molar-refractivity contribution is 7.22. The summed E-state index contributed by atoms with van der Waals surface area (Å²) in [5.41, 5.74) is 1.66. The number of fused-ring (bicyclic) bond motifs is 2. The molecule has 150 valence electrons. The minimum absolute atomic E-state index is 0.145. The topological polar surface area (TPSA) is 84.0 Å². The SMILES string of the molecule is O=C(Nc1nc2ccccc2s1)C(C(=O)Nc1nc2ccccc2s1)[C@@H]1C=CCC1. The van der Waals surface area contributed by atoms with Gasteiger partial charge in [0.2, 0.25) is 11.8 Å². The monoisotopic (exact) mass is 434 g/mol. The second-order valence-corrected chi connectivity index (χ2v) is 9.16. The Balaban J connectivity index is 1.38. The van der Waals surface area contributed by atoms with Gasteiger partial charge in [-0.2, -0.15) is 0 Å². The Hall–Kier alpha value is -3.10. The number of rotatable bonds is 5. The summed E-state index contributed by atoms with van der Waals surface area (Å²) in [7, 11) is 0. The van der Waals surface area contributed by atoms with Crippen molar-refractivity contribution < 1.29 is 9.59 Å². The van der Waals surface area contributed by atoms with E-state index >= 15 is 0 Å². The number of aromatic nitrogens is 2. The molecule has 6 nitrogen and oxygen atoms in total. The first kappa shape index (κ1) is 18.9. The van der Waals surface area contributed by atoms with E-state index in [1.807, 2.05) is 60.7 Å². The lowest BCUT2D eigenvalue weighted by Gasteiger charge is -2.19. The van der Waals surface area contributed by atoms with Gasteiger partial charge in [-0.1, -0.05) is 59.1 Å². The van der Waals surface area contributed by atoms with Crippen LogP contribution in [0.3, 0.4) is 0 Å². The molecule has 0 radical (unpaired) electrons. The van der Waals surface area contributed by atoms with Gasteiger partial charge < -0.3 is 10.6 Å². The number of hydrogen-bond donors (Lipinski definition) is 2. The third-order valence-electron chi connectivity index (χ3n) is 5.09. The maximum Gasteiger partial charge on any atom is 0.239 e. The Morgan fingerprint density at radius 3 is 1.87 bits per heavy atom. The minimum atomic E-state index is -0.845. The van der Waals surface area contributed by atoms with Crippen LogP contribution in [0.2, 0.25) is 0 Å². The molecule has 0 fully saturated rings. The molecule has 2 N–H and O–H groups in total. The lowest BCUT2D eigenvalue weighted by atomic mass is 9.90. The highest BCUT2D eigenvalue weighted by Crippen LogP contribution is 2.31. The molecule has 0 bridgehead atoms. The van der Waals surface area contributed by atoms with Crippen molar-refractivity contribution >= 4 is 65.2 Å². The van der Waals surface area contributed by atoms with Gasteiger partial charge in [-0.05, 0) is 43.0 Å². The third kappa shape index (κ3) is 3.71. The predicted octanol–water partition coefficient (Wildman–Crippen LogP) is 5.07. The van der Waals surface area contributed by atoms with Crippen molar-refractivity contribution in [3.8, 4) is 0 Å². The molecule has 2 aromatic carbocycles. The van der Waals surface area contributed by atoms with Crippen molar-refractivity contribution in [3.63, 3.8) is 0 Å². The van der Waals surface area contributed by atoms with Gasteiger partial charge in [0.05, 0.1) is 20.4 Å². The molecule has 0 aliphatic heterocycles. The fourth-order valence-corrected chi connectivity index (χ4v) is 5.40. The van der Waals surface area contributed by atoms with E-state index in [-0.39, 0.29) is 17.7 Å². The van der Waals surface area contributed by atoms with E-state index in [2.05, 4.69) is 20.6 Å². The van der Waals surface area contributed by atoms with Crippen molar-refractivity contribution in [2.45, 2.75) is 12.8 Å². The minimum Gasteiger partial charge on any atom is -0.301 e. The Labute approximate surface area is 180 Å². The number of para-hydroxylation sites is 2. The van der Waals surface area contributed by atoms with Gasteiger partial charge in [-0.25, -0.2) is 9.97 Å². The molecular weight excluding hydrogens is 416 g/mol. The largest absolute Gasteiger partial charge is 0.301 e. The standard InChI is InChI=1S/C22H18N4O2S2/c27-19(25-21-23-14-9-3-5-11-16(14)29-21)18(13-7-1-2-8-13)20(28)26-22-24-15-10-4-6-12-17(15)30-22/h1,3-7,9-13,18H,2,8H2,(H,23,25,27)(H,24,26,28)/t13-/m1/s1. The Morgan fingerprint density at radius 1 is 0.867 bits per heavy atom. The van der Waals surface area contributed by atoms with Crippen LogP contribution < -0.4 is 10.6 Å². The molecule has 5 rings (SSSR count).